The normalized spacial score (nSPS) is 10.8. The summed E-state index contributed by atoms with van der Waals surface area (Å²) in [6.07, 6.45) is 1.26. The lowest BCUT2D eigenvalue weighted by Gasteiger charge is -2.18. The number of nitrogens with zero attached hydrogens (tertiary/aromatic N) is 1. The highest BCUT2D eigenvalue weighted by Crippen LogP contribution is 2.14. The Morgan fingerprint density at radius 2 is 2.10 bits per heavy atom. The van der Waals surface area contributed by atoms with Crippen molar-refractivity contribution >= 4 is 11.6 Å². The van der Waals surface area contributed by atoms with Crippen LogP contribution in [0.3, 0.4) is 0 Å². The van der Waals surface area contributed by atoms with E-state index in [1.807, 2.05) is 31.2 Å². The van der Waals surface area contributed by atoms with Gasteiger partial charge in [0, 0.05) is 25.2 Å². The quantitative estimate of drug-likeness (QED) is 0.634. The predicted octanol–water partition coefficient (Wildman–Crippen LogP) is 1.18. The van der Waals surface area contributed by atoms with E-state index in [9.17, 15) is 4.79 Å². The largest absolute Gasteiger partial charge is 0.395 e. The van der Waals surface area contributed by atoms with Gasteiger partial charge in [0.15, 0.2) is 0 Å². The van der Waals surface area contributed by atoms with E-state index in [2.05, 4.69) is 10.2 Å². The molecular weight excluding hydrogens is 254 g/mol. The minimum Gasteiger partial charge on any atom is -0.395 e. The van der Waals surface area contributed by atoms with E-state index in [0.29, 0.717) is 19.5 Å². The maximum Gasteiger partial charge on any atom is 0.224 e. The van der Waals surface area contributed by atoms with Crippen LogP contribution >= 0.6 is 0 Å². The molecule has 0 atom stereocenters. The van der Waals surface area contributed by atoms with Gasteiger partial charge in [-0.3, -0.25) is 4.79 Å². The van der Waals surface area contributed by atoms with Crippen LogP contribution in [0.4, 0.5) is 5.69 Å². The van der Waals surface area contributed by atoms with Crippen LogP contribution in [0, 0.1) is 0 Å². The molecule has 0 aliphatic heterocycles. The van der Waals surface area contributed by atoms with Crippen molar-refractivity contribution in [3.8, 4) is 0 Å². The summed E-state index contributed by atoms with van der Waals surface area (Å²) >= 11 is 0. The molecule has 0 aromatic heterocycles. The number of carbonyl (C=O) groups excluding carboxylic acids is 1. The van der Waals surface area contributed by atoms with Crippen LogP contribution in [0.25, 0.3) is 0 Å². The van der Waals surface area contributed by atoms with E-state index in [1.165, 1.54) is 0 Å². The fraction of sp³-hybridized carbons (Fsp3) is 0.533. The summed E-state index contributed by atoms with van der Waals surface area (Å²) in [6.45, 7) is 4.99. The number of aliphatic hydroxyl groups excluding tert-OH is 1. The molecule has 112 valence electrons. The summed E-state index contributed by atoms with van der Waals surface area (Å²) in [5.74, 6) is 0.00551. The van der Waals surface area contributed by atoms with E-state index < -0.39 is 0 Å². The zero-order valence-electron chi connectivity index (χ0n) is 12.1. The Bertz CT molecular complexity index is 410. The molecule has 5 heteroatoms. The highest BCUT2D eigenvalue weighted by Gasteiger charge is 2.07. The Kier molecular flexibility index (Phi) is 7.87. The fourth-order valence-corrected chi connectivity index (χ4v) is 2.07. The lowest BCUT2D eigenvalue weighted by Crippen LogP contribution is -2.28. The van der Waals surface area contributed by atoms with Crippen LogP contribution in [0.15, 0.2) is 24.3 Å². The first-order valence-electron chi connectivity index (χ1n) is 7.12. The Morgan fingerprint density at radius 1 is 1.35 bits per heavy atom. The van der Waals surface area contributed by atoms with Crippen LogP contribution in [0.5, 0.6) is 0 Å². The van der Waals surface area contributed by atoms with Crippen molar-refractivity contribution in [2.45, 2.75) is 26.3 Å². The zero-order valence-corrected chi connectivity index (χ0v) is 12.1. The summed E-state index contributed by atoms with van der Waals surface area (Å²) in [4.78, 5) is 14.0. The van der Waals surface area contributed by atoms with Crippen LogP contribution in [-0.4, -0.2) is 42.2 Å². The van der Waals surface area contributed by atoms with Crippen LogP contribution in [0.1, 0.15) is 25.3 Å². The monoisotopic (exact) mass is 279 g/mol. The number of benzene rings is 1. The second-order valence-corrected chi connectivity index (χ2v) is 4.67. The van der Waals surface area contributed by atoms with Crippen molar-refractivity contribution in [3.63, 3.8) is 0 Å². The molecule has 0 fully saturated rings. The number of rotatable bonds is 9. The number of nitrogens with one attached hydrogen (secondary N) is 1. The first-order valence-corrected chi connectivity index (χ1v) is 7.12. The first kappa shape index (κ1) is 16.6. The number of aliphatic hydroxyl groups is 1. The SMILES string of the molecule is CCN(CCO)CCCC(=O)Nc1ccccc1CN. The molecule has 1 amide bonds. The Labute approximate surface area is 120 Å². The minimum atomic E-state index is 0.00551. The number of hydrogen-bond donors (Lipinski definition) is 3. The third-order valence-corrected chi connectivity index (χ3v) is 3.25. The maximum atomic E-state index is 11.9. The van der Waals surface area contributed by atoms with Gasteiger partial charge in [-0.15, -0.1) is 0 Å². The molecular formula is C15H25N3O2. The van der Waals surface area contributed by atoms with Crippen molar-refractivity contribution in [1.29, 1.82) is 0 Å². The van der Waals surface area contributed by atoms with E-state index in [0.717, 1.165) is 30.8 Å². The molecule has 5 nitrogen and oxygen atoms in total. The number of anilines is 1. The molecule has 0 bridgehead atoms. The molecule has 0 aliphatic carbocycles. The van der Waals surface area contributed by atoms with Gasteiger partial charge in [-0.1, -0.05) is 25.1 Å². The van der Waals surface area contributed by atoms with Crippen molar-refractivity contribution in [2.75, 3.05) is 31.6 Å². The molecule has 0 saturated carbocycles. The molecule has 0 spiro atoms. The van der Waals surface area contributed by atoms with E-state index in [4.69, 9.17) is 10.8 Å². The number of hydrogen-bond acceptors (Lipinski definition) is 4. The third kappa shape index (κ3) is 5.69. The standard InChI is InChI=1S/C15H25N3O2/c1-2-18(10-11-19)9-5-8-15(20)17-14-7-4-3-6-13(14)12-16/h3-4,6-7,19H,2,5,8-12,16H2,1H3,(H,17,20). The Morgan fingerprint density at radius 3 is 2.75 bits per heavy atom. The lowest BCUT2D eigenvalue weighted by atomic mass is 10.1. The predicted molar refractivity (Wildman–Crippen MR) is 81.4 cm³/mol. The van der Waals surface area contributed by atoms with Gasteiger partial charge in [-0.25, -0.2) is 0 Å². The smallest absolute Gasteiger partial charge is 0.224 e. The topological polar surface area (TPSA) is 78.6 Å². The van der Waals surface area contributed by atoms with Gasteiger partial charge in [0.05, 0.1) is 6.61 Å². The third-order valence-electron chi connectivity index (χ3n) is 3.25. The highest BCUT2D eigenvalue weighted by atomic mass is 16.3. The van der Waals surface area contributed by atoms with Crippen LogP contribution < -0.4 is 11.1 Å². The molecule has 1 rings (SSSR count). The summed E-state index contributed by atoms with van der Waals surface area (Å²) in [5.41, 5.74) is 7.37. The summed E-state index contributed by atoms with van der Waals surface area (Å²) in [5, 5.41) is 11.8. The molecule has 0 radical (unpaired) electrons. The van der Waals surface area contributed by atoms with Gasteiger partial charge in [-0.05, 0) is 31.1 Å². The zero-order chi connectivity index (χ0) is 14.8. The minimum absolute atomic E-state index is 0.00551. The number of likely N-dealkylation sites (N-methyl/N-ethyl adjacent to an activating group) is 1. The second kappa shape index (κ2) is 9.47. The summed E-state index contributed by atoms with van der Waals surface area (Å²) in [6, 6.07) is 7.57. The van der Waals surface area contributed by atoms with E-state index in [1.54, 1.807) is 0 Å². The van der Waals surface area contributed by atoms with Gasteiger partial charge in [0.2, 0.25) is 5.91 Å². The number of amides is 1. The van der Waals surface area contributed by atoms with E-state index in [-0.39, 0.29) is 12.5 Å². The second-order valence-electron chi connectivity index (χ2n) is 4.67. The van der Waals surface area contributed by atoms with E-state index >= 15 is 0 Å². The number of nitrogens with two attached hydrogens (primary N) is 1. The lowest BCUT2D eigenvalue weighted by molar-refractivity contribution is -0.116. The molecule has 20 heavy (non-hydrogen) atoms. The maximum absolute atomic E-state index is 11.9. The van der Waals surface area contributed by atoms with Crippen LogP contribution in [-0.2, 0) is 11.3 Å². The number of para-hydroxylation sites is 1. The van der Waals surface area contributed by atoms with Gasteiger partial charge >= 0.3 is 0 Å². The molecule has 0 aliphatic rings. The van der Waals surface area contributed by atoms with Crippen LogP contribution in [0.2, 0.25) is 0 Å². The molecule has 0 unspecified atom stereocenters. The summed E-state index contributed by atoms with van der Waals surface area (Å²) < 4.78 is 0. The van der Waals surface area contributed by atoms with Gasteiger partial charge in [0.1, 0.15) is 0 Å². The molecule has 0 heterocycles. The molecule has 0 saturated heterocycles. The average Bonchev–Trinajstić information content (AvgIpc) is 2.47. The Balaban J connectivity index is 2.36. The van der Waals surface area contributed by atoms with Crippen molar-refractivity contribution in [3.05, 3.63) is 29.8 Å². The highest BCUT2D eigenvalue weighted by molar-refractivity contribution is 5.91. The fourth-order valence-electron chi connectivity index (χ4n) is 2.07. The van der Waals surface area contributed by atoms with Crippen molar-refractivity contribution < 1.29 is 9.90 Å². The molecule has 4 N–H and O–H groups in total. The Hall–Kier alpha value is -1.43. The van der Waals surface area contributed by atoms with Gasteiger partial charge < -0.3 is 21.1 Å². The van der Waals surface area contributed by atoms with Crippen molar-refractivity contribution in [1.82, 2.24) is 4.90 Å². The van der Waals surface area contributed by atoms with Gasteiger partial charge in [0.25, 0.3) is 0 Å². The van der Waals surface area contributed by atoms with Crippen molar-refractivity contribution in [2.24, 2.45) is 5.73 Å². The first-order chi connectivity index (χ1) is 9.71. The molecule has 1 aromatic rings. The van der Waals surface area contributed by atoms with Gasteiger partial charge in [-0.2, -0.15) is 0 Å². The molecule has 1 aromatic carbocycles. The number of carbonyl (C=O) groups is 1. The summed E-state index contributed by atoms with van der Waals surface area (Å²) in [7, 11) is 0. The average molecular weight is 279 g/mol.